The number of aromatic nitrogens is 3. The van der Waals surface area contributed by atoms with E-state index in [-0.39, 0.29) is 38.4 Å². The quantitative estimate of drug-likeness (QED) is 0.445. The third kappa shape index (κ3) is 3.46. The van der Waals surface area contributed by atoms with Crippen LogP contribution in [0.2, 0.25) is 0 Å². The van der Waals surface area contributed by atoms with Crippen LogP contribution in [0, 0.1) is 0 Å². The third-order valence-electron chi connectivity index (χ3n) is 1.92. The van der Waals surface area contributed by atoms with Gasteiger partial charge in [-0.05, 0) is 13.8 Å². The van der Waals surface area contributed by atoms with Crippen molar-refractivity contribution in [3.05, 3.63) is 0 Å². The number of rotatable bonds is 4. The summed E-state index contributed by atoms with van der Waals surface area (Å²) in [4.78, 5) is 9.41. The van der Waals surface area contributed by atoms with E-state index in [0.717, 1.165) is 5.06 Å². The van der Waals surface area contributed by atoms with E-state index in [4.69, 9.17) is 5.73 Å². The van der Waals surface area contributed by atoms with Gasteiger partial charge in [0.1, 0.15) is 6.54 Å². The lowest BCUT2D eigenvalue weighted by atomic mass is 10.6. The van der Waals surface area contributed by atoms with Gasteiger partial charge in [-0.1, -0.05) is 7.43 Å². The molecular weight excluding hydrogens is 228 g/mol. The lowest BCUT2D eigenvalue weighted by Crippen LogP contribution is -2.43. The zero-order chi connectivity index (χ0) is 12.3. The number of hydroxylamine groups is 3. The predicted octanol–water partition coefficient (Wildman–Crippen LogP) is 0.411. The van der Waals surface area contributed by atoms with Gasteiger partial charge in [0.15, 0.2) is 0 Å². The second-order valence-electron chi connectivity index (χ2n) is 3.06. The minimum Gasteiger partial charge on any atom is -0.367 e. The first kappa shape index (κ1) is 15.4. The smallest absolute Gasteiger partial charge is 0.367 e. The number of anilines is 2. The summed E-state index contributed by atoms with van der Waals surface area (Å²) >= 11 is 0. The lowest BCUT2D eigenvalue weighted by molar-refractivity contribution is -0.292. The third-order valence-corrected chi connectivity index (χ3v) is 1.92. The van der Waals surface area contributed by atoms with Crippen LogP contribution in [0.15, 0.2) is 0 Å². The molecule has 0 spiro atoms. The Bertz CT molecular complexity index is 372. The van der Waals surface area contributed by atoms with Crippen molar-refractivity contribution in [1.82, 2.24) is 19.8 Å². The van der Waals surface area contributed by atoms with Gasteiger partial charge in [0.2, 0.25) is 5.95 Å². The first-order chi connectivity index (χ1) is 7.40. The molecule has 0 amide bonds. The van der Waals surface area contributed by atoms with E-state index in [1.807, 2.05) is 0 Å². The minimum absolute atomic E-state index is 0. The Balaban J connectivity index is 0.00000256. The van der Waals surface area contributed by atoms with E-state index in [1.54, 1.807) is 6.92 Å². The largest absolute Gasteiger partial charge is 0.403 e. The normalized spacial score (nSPS) is 10.9. The molecule has 0 saturated heterocycles. The number of quaternary nitrogens is 1. The molecule has 5 N–H and O–H groups in total. The Morgan fingerprint density at radius 3 is 2.29 bits per heavy atom. The summed E-state index contributed by atoms with van der Waals surface area (Å²) in [5, 5.41) is 29.1. The van der Waals surface area contributed by atoms with E-state index >= 15 is 0 Å². The zero-order valence-electron chi connectivity index (χ0n) is 9.07. The number of nitrogens with two attached hydrogens (primary N) is 1. The van der Waals surface area contributed by atoms with E-state index in [1.165, 1.54) is 6.92 Å². The monoisotopic (exact) mass is 247 g/mol. The first-order valence-corrected chi connectivity index (χ1v) is 4.72. The van der Waals surface area contributed by atoms with Crippen LogP contribution in [-0.4, -0.2) is 43.7 Å². The van der Waals surface area contributed by atoms with Gasteiger partial charge in [0.25, 0.3) is 5.95 Å². The first-order valence-electron chi connectivity index (χ1n) is 4.72. The van der Waals surface area contributed by atoms with Gasteiger partial charge in [-0.15, -0.1) is 9.97 Å². The van der Waals surface area contributed by atoms with Gasteiger partial charge in [-0.25, -0.2) is 5.06 Å². The summed E-state index contributed by atoms with van der Waals surface area (Å²) in [5.41, 5.74) is 5.37. The second kappa shape index (κ2) is 5.68. The molecule has 0 unspecified atom stereocenters. The van der Waals surface area contributed by atoms with E-state index in [0.29, 0.717) is 0 Å². The highest BCUT2D eigenvalue weighted by Crippen LogP contribution is 2.16. The van der Waals surface area contributed by atoms with Crippen molar-refractivity contribution in [3.63, 3.8) is 0 Å². The zero-order valence-corrected chi connectivity index (χ0v) is 9.07. The topological polar surface area (TPSA) is 129 Å². The molecule has 9 heteroatoms. The van der Waals surface area contributed by atoms with E-state index in [2.05, 4.69) is 15.0 Å². The molecule has 0 radical (unpaired) electrons. The highest BCUT2D eigenvalue weighted by Gasteiger charge is 2.30. The SMILES string of the molecule is C.CCN(O)c1nc(N)nc([N+](O)(O)CC)n1. The van der Waals surface area contributed by atoms with Crippen LogP contribution in [0.5, 0.6) is 0 Å². The summed E-state index contributed by atoms with van der Waals surface area (Å²) in [7, 11) is 0. The highest BCUT2D eigenvalue weighted by atomic mass is 16.8. The average Bonchev–Trinajstić information content (AvgIpc) is 2.27. The second-order valence-corrected chi connectivity index (χ2v) is 3.06. The van der Waals surface area contributed by atoms with Crippen molar-refractivity contribution in [1.29, 1.82) is 0 Å². The Morgan fingerprint density at radius 1 is 1.24 bits per heavy atom. The molecule has 0 aliphatic rings. The molecule has 0 aliphatic carbocycles. The maximum Gasteiger partial charge on any atom is 0.403 e. The van der Waals surface area contributed by atoms with Crippen molar-refractivity contribution in [2.24, 2.45) is 0 Å². The summed E-state index contributed by atoms with van der Waals surface area (Å²) in [6, 6.07) is 0. The van der Waals surface area contributed by atoms with Crippen molar-refractivity contribution >= 4 is 17.8 Å². The number of hydrogen-bond donors (Lipinski definition) is 4. The summed E-state index contributed by atoms with van der Waals surface area (Å²) in [6.07, 6.45) is 0. The van der Waals surface area contributed by atoms with Gasteiger partial charge in [0.05, 0.1) is 0 Å². The van der Waals surface area contributed by atoms with Crippen molar-refractivity contribution in [3.8, 4) is 0 Å². The lowest BCUT2D eigenvalue weighted by Gasteiger charge is -2.18. The standard InChI is InChI=1S/C7H15N6O3.CH4/c1-3-12(14)6-9-5(8)10-7(11-6)13(15,16)4-2;/h14-16H,3-4H2,1-2H3,(H2,8,9,10,11);1H4/q+1;. The van der Waals surface area contributed by atoms with Gasteiger partial charge in [-0.2, -0.15) is 15.4 Å². The Hall–Kier alpha value is -1.55. The average molecular weight is 247 g/mol. The Labute approximate surface area is 99.2 Å². The van der Waals surface area contributed by atoms with Gasteiger partial charge < -0.3 is 5.73 Å². The molecule has 0 fully saturated rings. The number of nitrogens with zero attached hydrogens (tertiary/aromatic N) is 5. The molecule has 1 heterocycles. The molecule has 1 aromatic rings. The van der Waals surface area contributed by atoms with Crippen LogP contribution >= 0.6 is 0 Å². The van der Waals surface area contributed by atoms with Crippen LogP contribution in [-0.2, 0) is 0 Å². The van der Waals surface area contributed by atoms with Crippen LogP contribution in [0.25, 0.3) is 0 Å². The van der Waals surface area contributed by atoms with Gasteiger partial charge in [-0.3, -0.25) is 5.21 Å². The van der Waals surface area contributed by atoms with Crippen LogP contribution in [0.1, 0.15) is 21.3 Å². The summed E-state index contributed by atoms with van der Waals surface area (Å²) < 4.78 is 0. The Kier molecular flexibility index (Phi) is 5.16. The van der Waals surface area contributed by atoms with Crippen molar-refractivity contribution in [2.45, 2.75) is 21.3 Å². The van der Waals surface area contributed by atoms with Crippen molar-refractivity contribution in [2.75, 3.05) is 23.9 Å². The molecule has 9 nitrogen and oxygen atoms in total. The van der Waals surface area contributed by atoms with Gasteiger partial charge >= 0.3 is 5.95 Å². The molecule has 17 heavy (non-hydrogen) atoms. The van der Waals surface area contributed by atoms with Crippen LogP contribution < -0.4 is 15.6 Å². The highest BCUT2D eigenvalue weighted by molar-refractivity contribution is 5.37. The fourth-order valence-corrected chi connectivity index (χ4v) is 0.928. The van der Waals surface area contributed by atoms with Gasteiger partial charge in [0, 0.05) is 11.4 Å². The molecule has 1 rings (SSSR count). The van der Waals surface area contributed by atoms with E-state index in [9.17, 15) is 15.6 Å². The summed E-state index contributed by atoms with van der Waals surface area (Å²) in [5.74, 6) is -0.687. The number of hydrogen-bond acceptors (Lipinski definition) is 8. The molecular formula is C8H19N6O3+. The van der Waals surface area contributed by atoms with Crippen LogP contribution in [0.3, 0.4) is 0 Å². The fourth-order valence-electron chi connectivity index (χ4n) is 0.928. The minimum atomic E-state index is -1.52. The molecule has 0 aliphatic heterocycles. The van der Waals surface area contributed by atoms with Crippen molar-refractivity contribution < 1.29 is 15.6 Å². The molecule has 0 bridgehead atoms. The maximum atomic E-state index is 9.48. The predicted molar refractivity (Wildman–Crippen MR) is 61.7 cm³/mol. The van der Waals surface area contributed by atoms with Crippen LogP contribution in [0.4, 0.5) is 17.8 Å². The molecule has 0 atom stereocenters. The molecule has 0 aromatic carbocycles. The molecule has 0 saturated carbocycles. The Morgan fingerprint density at radius 2 is 1.82 bits per heavy atom. The fraction of sp³-hybridized carbons (Fsp3) is 0.625. The van der Waals surface area contributed by atoms with E-state index < -0.39 is 4.81 Å². The summed E-state index contributed by atoms with van der Waals surface area (Å²) in [6.45, 7) is 3.35. The molecule has 1 aromatic heterocycles. The molecule has 98 valence electrons. The maximum absolute atomic E-state index is 9.48. The number of nitrogen functional groups attached to an aromatic ring is 1.